The fourth-order valence-corrected chi connectivity index (χ4v) is 6.80. The average molecular weight is 631 g/mol. The number of unbranched alkanes of at least 4 members (excludes halogenated alkanes) is 1. The third kappa shape index (κ3) is 9.29. The predicted molar refractivity (Wildman–Crippen MR) is 166 cm³/mol. The van der Waals surface area contributed by atoms with Crippen molar-refractivity contribution in [1.29, 1.82) is 0 Å². The van der Waals surface area contributed by atoms with Gasteiger partial charge in [0.2, 0.25) is 17.7 Å². The summed E-state index contributed by atoms with van der Waals surface area (Å²) < 4.78 is 32.6. The molecule has 2 aliphatic rings. The maximum atomic E-state index is 12.5. The van der Waals surface area contributed by atoms with Crippen molar-refractivity contribution < 1.29 is 27.5 Å². The highest BCUT2D eigenvalue weighted by molar-refractivity contribution is 7.96. The Morgan fingerprint density at radius 3 is 2.51 bits per heavy atom. The van der Waals surface area contributed by atoms with Gasteiger partial charge in [-0.2, -0.15) is 0 Å². The first-order valence-corrected chi connectivity index (χ1v) is 16.6. The lowest BCUT2D eigenvalue weighted by atomic mass is 9.92. The summed E-state index contributed by atoms with van der Waals surface area (Å²) in [5.74, 6) is 0.305. The molecule has 2 heterocycles. The van der Waals surface area contributed by atoms with Crippen molar-refractivity contribution in [2.45, 2.75) is 63.5 Å². The number of fused-ring (bicyclic) bond motifs is 1. The van der Waals surface area contributed by atoms with Crippen LogP contribution in [0.2, 0.25) is 0 Å². The monoisotopic (exact) mass is 630 g/mol. The SMILES string of the molecule is COc1ccc2c(c1)C(CC(=O)NCCCCNC(=O)CCC(=O)N[C@H]1C=CC(S(=O)(=O)Nc3nccs3)=CC1)C(C)N2. The number of anilines is 2. The summed E-state index contributed by atoms with van der Waals surface area (Å²) in [6, 6.07) is 5.66. The summed E-state index contributed by atoms with van der Waals surface area (Å²) in [4.78, 5) is 41.0. The summed E-state index contributed by atoms with van der Waals surface area (Å²) in [6.45, 7) is 3.04. The molecule has 43 heavy (non-hydrogen) atoms. The Morgan fingerprint density at radius 2 is 1.84 bits per heavy atom. The van der Waals surface area contributed by atoms with Crippen LogP contribution in [0.25, 0.3) is 0 Å². The molecular weight excluding hydrogens is 592 g/mol. The zero-order valence-electron chi connectivity index (χ0n) is 24.2. The van der Waals surface area contributed by atoms with Crippen molar-refractivity contribution >= 4 is 49.9 Å². The topological polar surface area (TPSA) is 168 Å². The van der Waals surface area contributed by atoms with Crippen LogP contribution in [0.4, 0.5) is 10.8 Å². The molecule has 14 heteroatoms. The van der Waals surface area contributed by atoms with Crippen LogP contribution in [0.5, 0.6) is 5.75 Å². The van der Waals surface area contributed by atoms with Crippen LogP contribution in [0.1, 0.15) is 56.9 Å². The maximum Gasteiger partial charge on any atom is 0.263 e. The van der Waals surface area contributed by atoms with E-state index in [4.69, 9.17) is 4.74 Å². The summed E-state index contributed by atoms with van der Waals surface area (Å²) in [7, 11) is -2.11. The number of ether oxygens (including phenoxy) is 1. The number of hydrogen-bond donors (Lipinski definition) is 5. The van der Waals surface area contributed by atoms with Crippen LogP contribution in [0, 0.1) is 0 Å². The number of nitrogens with zero attached hydrogens (tertiary/aromatic N) is 1. The number of rotatable bonds is 15. The Balaban J connectivity index is 1.05. The second-order valence-electron chi connectivity index (χ2n) is 10.4. The summed E-state index contributed by atoms with van der Waals surface area (Å²) in [5.41, 5.74) is 2.12. The van der Waals surface area contributed by atoms with Gasteiger partial charge in [-0.1, -0.05) is 12.2 Å². The van der Waals surface area contributed by atoms with Crippen LogP contribution in [0.3, 0.4) is 0 Å². The zero-order chi connectivity index (χ0) is 30.8. The van der Waals surface area contributed by atoms with Gasteiger partial charge >= 0.3 is 0 Å². The minimum Gasteiger partial charge on any atom is -0.497 e. The summed E-state index contributed by atoms with van der Waals surface area (Å²) in [6.07, 6.45) is 8.30. The van der Waals surface area contributed by atoms with Crippen molar-refractivity contribution in [3.63, 3.8) is 0 Å². The molecule has 1 aromatic heterocycles. The Labute approximate surface area is 255 Å². The second-order valence-corrected chi connectivity index (χ2v) is 13.0. The highest BCUT2D eigenvalue weighted by Crippen LogP contribution is 2.39. The molecule has 0 saturated heterocycles. The third-order valence-electron chi connectivity index (χ3n) is 7.25. The maximum absolute atomic E-state index is 12.5. The highest BCUT2D eigenvalue weighted by Gasteiger charge is 2.31. The molecule has 0 radical (unpaired) electrons. The van der Waals surface area contributed by atoms with E-state index >= 15 is 0 Å². The molecule has 1 aliphatic carbocycles. The molecule has 5 N–H and O–H groups in total. The third-order valence-corrected chi connectivity index (χ3v) is 9.46. The van der Waals surface area contributed by atoms with Gasteiger partial charge in [-0.3, -0.25) is 19.1 Å². The Hall–Kier alpha value is -3.91. The first-order chi connectivity index (χ1) is 20.6. The smallest absolute Gasteiger partial charge is 0.263 e. The van der Waals surface area contributed by atoms with Crippen molar-refractivity contribution in [2.24, 2.45) is 0 Å². The van der Waals surface area contributed by atoms with E-state index in [2.05, 4.69) is 37.9 Å². The number of carbonyl (C=O) groups excluding carboxylic acids is 3. The molecule has 1 aromatic carbocycles. The number of nitrogens with one attached hydrogen (secondary N) is 5. The number of benzene rings is 1. The largest absolute Gasteiger partial charge is 0.497 e. The van der Waals surface area contributed by atoms with Crippen molar-refractivity contribution in [3.05, 3.63) is 58.5 Å². The molecule has 1 aliphatic heterocycles. The molecule has 232 valence electrons. The lowest BCUT2D eigenvalue weighted by Crippen LogP contribution is -2.35. The van der Waals surface area contributed by atoms with E-state index < -0.39 is 10.0 Å². The predicted octanol–water partition coefficient (Wildman–Crippen LogP) is 3.00. The van der Waals surface area contributed by atoms with Gasteiger partial charge in [0, 0.05) is 61.6 Å². The van der Waals surface area contributed by atoms with Gasteiger partial charge in [0.15, 0.2) is 5.13 Å². The first kappa shape index (κ1) is 32.0. The van der Waals surface area contributed by atoms with E-state index in [1.165, 1.54) is 23.6 Å². The molecule has 2 unspecified atom stereocenters. The van der Waals surface area contributed by atoms with Crippen molar-refractivity contribution in [1.82, 2.24) is 20.9 Å². The fourth-order valence-electron chi connectivity index (χ4n) is 4.93. The van der Waals surface area contributed by atoms with Gasteiger partial charge in [0.1, 0.15) is 5.75 Å². The zero-order valence-corrected chi connectivity index (χ0v) is 25.9. The van der Waals surface area contributed by atoms with Gasteiger partial charge < -0.3 is 26.0 Å². The Kier molecular flexibility index (Phi) is 11.2. The lowest BCUT2D eigenvalue weighted by molar-refractivity contribution is -0.126. The van der Waals surface area contributed by atoms with E-state index in [9.17, 15) is 22.8 Å². The van der Waals surface area contributed by atoms with Gasteiger partial charge in [-0.25, -0.2) is 13.4 Å². The van der Waals surface area contributed by atoms with Gasteiger partial charge in [-0.15, -0.1) is 11.3 Å². The van der Waals surface area contributed by atoms with E-state index in [0.717, 1.165) is 17.0 Å². The number of aromatic nitrogens is 1. The number of amides is 3. The molecule has 0 saturated carbocycles. The summed E-state index contributed by atoms with van der Waals surface area (Å²) in [5, 5.41) is 13.9. The first-order valence-electron chi connectivity index (χ1n) is 14.2. The van der Waals surface area contributed by atoms with Gasteiger partial charge in [0.05, 0.1) is 18.1 Å². The van der Waals surface area contributed by atoms with Crippen LogP contribution in [-0.4, -0.2) is 63.4 Å². The number of hydrogen-bond acceptors (Lipinski definition) is 9. The molecule has 0 bridgehead atoms. The standard InChI is InChI=1S/C29H38N6O6S2/c1-19-23(24-17-21(41-2)7-10-25(24)33-19)18-28(38)31-14-4-3-13-30-26(36)11-12-27(37)34-20-5-8-22(9-6-20)43(39,40)35-29-32-15-16-42-29/h5,7-10,15-17,19-20,23,33H,3-4,6,11-14,18H2,1-2H3,(H,30,36)(H,31,38)(H,32,35)(H,34,37)/t19?,20-,23?/m0/s1. The van der Waals surface area contributed by atoms with Crippen molar-refractivity contribution in [2.75, 3.05) is 30.2 Å². The van der Waals surface area contributed by atoms with E-state index in [1.54, 1.807) is 24.6 Å². The number of allylic oxidation sites excluding steroid dienone is 1. The molecule has 4 rings (SSSR count). The second kappa shape index (κ2) is 15.0. The van der Waals surface area contributed by atoms with E-state index in [-0.39, 0.29) is 58.6 Å². The molecule has 0 spiro atoms. The number of carbonyl (C=O) groups is 3. The lowest BCUT2D eigenvalue weighted by Gasteiger charge is -2.18. The van der Waals surface area contributed by atoms with Crippen LogP contribution >= 0.6 is 11.3 Å². The van der Waals surface area contributed by atoms with E-state index in [0.29, 0.717) is 38.8 Å². The summed E-state index contributed by atoms with van der Waals surface area (Å²) >= 11 is 1.18. The van der Waals surface area contributed by atoms with Crippen LogP contribution in [-0.2, 0) is 24.4 Å². The minimum absolute atomic E-state index is 0.0159. The molecule has 0 fully saturated rings. The average Bonchev–Trinajstić information content (AvgIpc) is 3.60. The minimum atomic E-state index is -3.74. The number of thiazole rings is 1. The fraction of sp³-hybridized carbons (Fsp3) is 0.448. The van der Waals surface area contributed by atoms with Crippen LogP contribution < -0.4 is 30.7 Å². The van der Waals surface area contributed by atoms with Gasteiger partial charge in [0.25, 0.3) is 10.0 Å². The molecule has 2 aromatic rings. The number of sulfonamides is 1. The van der Waals surface area contributed by atoms with Gasteiger partial charge in [-0.05, 0) is 56.0 Å². The normalized spacial score (nSPS) is 19.0. The highest BCUT2D eigenvalue weighted by atomic mass is 32.2. The molecule has 3 atom stereocenters. The van der Waals surface area contributed by atoms with E-state index in [1.807, 2.05) is 18.2 Å². The molecule has 3 amide bonds. The number of methoxy groups -OCH3 is 1. The quantitative estimate of drug-likeness (QED) is 0.187. The Morgan fingerprint density at radius 1 is 1.09 bits per heavy atom. The van der Waals surface area contributed by atoms with Crippen LogP contribution in [0.15, 0.2) is 52.9 Å². The van der Waals surface area contributed by atoms with Crippen molar-refractivity contribution in [3.8, 4) is 5.75 Å². The molecular formula is C29H38N6O6S2. The molecule has 12 nitrogen and oxygen atoms in total. The Bertz CT molecular complexity index is 1460.